The molecule has 2 N–H and O–H groups in total. The fraction of sp³-hybridized carbons (Fsp3) is 0.962. The molecular weight excluding hydrogens is 421 g/mol. The van der Waals surface area contributed by atoms with Crippen LogP contribution in [-0.4, -0.2) is 24.8 Å². The van der Waals surface area contributed by atoms with Gasteiger partial charge in [-0.15, -0.1) is 0 Å². The Morgan fingerprint density at radius 2 is 0.969 bits per heavy atom. The molecule has 1 unspecified atom stereocenters. The van der Waals surface area contributed by atoms with Crippen molar-refractivity contribution < 1.29 is 18.4 Å². The summed E-state index contributed by atoms with van der Waals surface area (Å²) >= 11 is 0. The van der Waals surface area contributed by atoms with Gasteiger partial charge in [-0.25, -0.2) is 0 Å². The highest BCUT2D eigenvalue weighted by Gasteiger charge is 2.39. The second kappa shape index (κ2) is 22.4. The molecule has 5 nitrogen and oxygen atoms in total. The maximum atomic E-state index is 13.3. The number of amides is 1. The Labute approximate surface area is 199 Å². The summed E-state index contributed by atoms with van der Waals surface area (Å²) in [7, 11) is -3.51. The molecule has 0 aliphatic rings. The Bertz CT molecular complexity index is 459. The molecule has 0 bridgehead atoms. The van der Waals surface area contributed by atoms with Gasteiger partial charge in [-0.1, -0.05) is 124 Å². The maximum Gasteiger partial charge on any atom is 0.343 e. The predicted molar refractivity (Wildman–Crippen MR) is 137 cm³/mol. The van der Waals surface area contributed by atoms with Gasteiger partial charge >= 0.3 is 7.60 Å². The maximum absolute atomic E-state index is 13.3. The molecule has 0 fully saturated rings. The van der Waals surface area contributed by atoms with Gasteiger partial charge in [-0.05, 0) is 19.3 Å². The third kappa shape index (κ3) is 17.1. The second-order valence-corrected chi connectivity index (χ2v) is 11.4. The van der Waals surface area contributed by atoms with Gasteiger partial charge in [0, 0.05) is 0 Å². The minimum absolute atomic E-state index is 0.350. The first-order chi connectivity index (χ1) is 15.5. The molecule has 0 radical (unpaired) electrons. The fourth-order valence-corrected chi connectivity index (χ4v) is 5.89. The van der Waals surface area contributed by atoms with Crippen LogP contribution in [0.15, 0.2) is 0 Å². The SMILES string of the molecule is CCCCCCCCCCCCCCCCC(C(N)=O)P(=O)(OCCCC)OCCCC. The van der Waals surface area contributed by atoms with Gasteiger partial charge in [-0.2, -0.15) is 0 Å². The molecule has 0 rings (SSSR count). The Hall–Kier alpha value is -0.380. The standard InChI is InChI=1S/C26H54NO4P/c1-4-7-10-11-12-13-14-15-16-17-18-19-20-21-22-25(26(27)28)32(29,30-23-8-5-2)31-24-9-6-3/h25H,4-24H2,1-3H3,(H2,27,28). The molecule has 0 aromatic carbocycles. The topological polar surface area (TPSA) is 78.6 Å². The van der Waals surface area contributed by atoms with Gasteiger partial charge in [0.1, 0.15) is 5.66 Å². The summed E-state index contributed by atoms with van der Waals surface area (Å²) in [5, 5.41) is 0. The van der Waals surface area contributed by atoms with Crippen LogP contribution in [0.1, 0.15) is 143 Å². The molecule has 1 atom stereocenters. The number of nitrogens with two attached hydrogens (primary N) is 1. The summed E-state index contributed by atoms with van der Waals surface area (Å²) in [6, 6.07) is 0. The number of hydrogen-bond donors (Lipinski definition) is 1. The zero-order valence-electron chi connectivity index (χ0n) is 21.6. The van der Waals surface area contributed by atoms with E-state index >= 15 is 0 Å². The van der Waals surface area contributed by atoms with Crippen molar-refractivity contribution in [2.75, 3.05) is 13.2 Å². The van der Waals surface area contributed by atoms with Gasteiger partial charge in [0.15, 0.2) is 0 Å². The van der Waals surface area contributed by atoms with Crippen molar-refractivity contribution in [3.8, 4) is 0 Å². The first kappa shape index (κ1) is 31.6. The van der Waals surface area contributed by atoms with Gasteiger partial charge in [-0.3, -0.25) is 9.36 Å². The number of carbonyl (C=O) groups is 1. The van der Waals surface area contributed by atoms with Crippen LogP contribution in [0.5, 0.6) is 0 Å². The zero-order chi connectivity index (χ0) is 23.9. The lowest BCUT2D eigenvalue weighted by Gasteiger charge is -2.25. The molecular formula is C26H54NO4P. The highest BCUT2D eigenvalue weighted by atomic mass is 31.2. The summed E-state index contributed by atoms with van der Waals surface area (Å²) in [5.74, 6) is -0.559. The van der Waals surface area contributed by atoms with Crippen LogP contribution in [0.25, 0.3) is 0 Å². The first-order valence-electron chi connectivity index (χ1n) is 13.7. The van der Waals surface area contributed by atoms with Crippen LogP contribution < -0.4 is 5.73 Å². The van der Waals surface area contributed by atoms with Crippen molar-refractivity contribution in [2.45, 2.75) is 148 Å². The average Bonchev–Trinajstić information content (AvgIpc) is 2.76. The summed E-state index contributed by atoms with van der Waals surface area (Å²) in [6.45, 7) is 7.06. The third-order valence-electron chi connectivity index (χ3n) is 6.08. The minimum Gasteiger partial charge on any atom is -0.369 e. The molecule has 0 aromatic rings. The first-order valence-corrected chi connectivity index (χ1v) is 15.3. The highest BCUT2D eigenvalue weighted by molar-refractivity contribution is 7.55. The summed E-state index contributed by atoms with van der Waals surface area (Å²) in [4.78, 5) is 12.1. The predicted octanol–water partition coefficient (Wildman–Crippen LogP) is 8.54. The molecule has 0 spiro atoms. The summed E-state index contributed by atoms with van der Waals surface area (Å²) in [6.07, 6.45) is 21.8. The van der Waals surface area contributed by atoms with Crippen molar-refractivity contribution in [1.82, 2.24) is 0 Å². The minimum atomic E-state index is -3.51. The van der Waals surface area contributed by atoms with Crippen molar-refractivity contribution in [3.05, 3.63) is 0 Å². The smallest absolute Gasteiger partial charge is 0.343 e. The number of carbonyl (C=O) groups excluding carboxylic acids is 1. The number of hydrogen-bond acceptors (Lipinski definition) is 4. The normalized spacial score (nSPS) is 12.8. The van der Waals surface area contributed by atoms with Crippen molar-refractivity contribution >= 4 is 13.5 Å². The van der Waals surface area contributed by atoms with Gasteiger partial charge in [0.25, 0.3) is 0 Å². The van der Waals surface area contributed by atoms with Crippen LogP contribution >= 0.6 is 7.60 Å². The Morgan fingerprint density at radius 3 is 1.31 bits per heavy atom. The molecule has 0 saturated heterocycles. The number of unbranched alkanes of at least 4 members (excludes halogenated alkanes) is 15. The van der Waals surface area contributed by atoms with Crippen LogP contribution in [0.4, 0.5) is 0 Å². The van der Waals surface area contributed by atoms with E-state index in [1.165, 1.54) is 70.6 Å². The average molecular weight is 476 g/mol. The Kier molecular flexibility index (Phi) is 22.1. The van der Waals surface area contributed by atoms with Crippen LogP contribution in [0.3, 0.4) is 0 Å². The molecule has 1 amide bonds. The van der Waals surface area contributed by atoms with Crippen LogP contribution in [0.2, 0.25) is 0 Å². The van der Waals surface area contributed by atoms with Crippen molar-refractivity contribution in [3.63, 3.8) is 0 Å². The molecule has 32 heavy (non-hydrogen) atoms. The van der Waals surface area contributed by atoms with E-state index in [9.17, 15) is 9.36 Å². The number of primary amides is 1. The van der Waals surface area contributed by atoms with E-state index < -0.39 is 19.2 Å². The van der Waals surface area contributed by atoms with E-state index in [-0.39, 0.29) is 0 Å². The molecule has 0 saturated carbocycles. The van der Waals surface area contributed by atoms with Gasteiger partial charge in [0.2, 0.25) is 5.91 Å². The van der Waals surface area contributed by atoms with E-state index in [1.54, 1.807) is 0 Å². The molecule has 6 heteroatoms. The molecule has 0 heterocycles. The molecule has 0 aliphatic carbocycles. The van der Waals surface area contributed by atoms with Gasteiger partial charge in [0.05, 0.1) is 13.2 Å². The van der Waals surface area contributed by atoms with E-state index in [2.05, 4.69) is 6.92 Å². The van der Waals surface area contributed by atoms with Crippen LogP contribution in [-0.2, 0) is 18.4 Å². The van der Waals surface area contributed by atoms with Crippen LogP contribution in [0, 0.1) is 0 Å². The fourth-order valence-electron chi connectivity index (χ4n) is 3.88. The Morgan fingerprint density at radius 1 is 0.625 bits per heavy atom. The summed E-state index contributed by atoms with van der Waals surface area (Å²) in [5.41, 5.74) is 4.79. The number of rotatable bonds is 25. The van der Waals surface area contributed by atoms with Crippen molar-refractivity contribution in [1.29, 1.82) is 0 Å². The molecule has 192 valence electrons. The largest absolute Gasteiger partial charge is 0.369 e. The molecule has 0 aliphatic heterocycles. The lowest BCUT2D eigenvalue weighted by molar-refractivity contribution is -0.118. The quantitative estimate of drug-likeness (QED) is 0.106. The molecule has 0 aromatic heterocycles. The van der Waals surface area contributed by atoms with Crippen molar-refractivity contribution in [2.24, 2.45) is 5.73 Å². The lowest BCUT2D eigenvalue weighted by atomic mass is 10.0. The van der Waals surface area contributed by atoms with E-state index in [0.717, 1.165) is 44.9 Å². The Balaban J connectivity index is 4.06. The summed E-state index contributed by atoms with van der Waals surface area (Å²) < 4.78 is 24.6. The van der Waals surface area contributed by atoms with E-state index in [1.807, 2.05) is 13.8 Å². The highest BCUT2D eigenvalue weighted by Crippen LogP contribution is 2.55. The zero-order valence-corrected chi connectivity index (χ0v) is 22.5. The van der Waals surface area contributed by atoms with E-state index in [4.69, 9.17) is 14.8 Å². The van der Waals surface area contributed by atoms with E-state index in [0.29, 0.717) is 19.6 Å². The second-order valence-electron chi connectivity index (χ2n) is 9.22. The monoisotopic (exact) mass is 475 g/mol. The third-order valence-corrected chi connectivity index (χ3v) is 8.44. The lowest BCUT2D eigenvalue weighted by Crippen LogP contribution is -2.30. The van der Waals surface area contributed by atoms with Gasteiger partial charge < -0.3 is 14.8 Å².